The van der Waals surface area contributed by atoms with Crippen LogP contribution in [0.4, 0.5) is 0 Å². The normalized spacial score (nSPS) is 51.9. The predicted octanol–water partition coefficient (Wildman–Crippen LogP) is -7.55. The highest BCUT2D eigenvalue weighted by molar-refractivity contribution is 5.73. The van der Waals surface area contributed by atoms with Gasteiger partial charge in [0.15, 0.2) is 25.2 Å². The zero-order chi connectivity index (χ0) is 34.2. The highest BCUT2D eigenvalue weighted by Gasteiger charge is 2.55. The maximum atomic E-state index is 11.7. The summed E-state index contributed by atoms with van der Waals surface area (Å²) in [5.74, 6) is -0.653. The first-order chi connectivity index (χ1) is 21.6. The SMILES string of the molecule is CC(=O)N[C@@H]1[C@@H](O[C@H]2O[C@H](CO)[C@@H](O[C@@H]3O[C@@H](C)[C@H](O)[C@@H](O)[C@H]3O[C@@H]3O[C@@H](C)[C@H](O)[C@@H](O)[C@H]3O)[C@H](O)[C@H]2O)[C@@H](O)[C@@H](CO)O[C@H]1O. The lowest BCUT2D eigenvalue weighted by molar-refractivity contribution is -0.389. The van der Waals surface area contributed by atoms with E-state index in [4.69, 9.17) is 33.2 Å². The lowest BCUT2D eigenvalue weighted by atomic mass is 9.95. The van der Waals surface area contributed by atoms with E-state index < -0.39 is 142 Å². The van der Waals surface area contributed by atoms with E-state index in [0.717, 1.165) is 6.92 Å². The Hall–Kier alpha value is -1.25. The van der Waals surface area contributed by atoms with Crippen LogP contribution in [-0.2, 0) is 38.0 Å². The van der Waals surface area contributed by atoms with Crippen molar-refractivity contribution in [2.45, 2.75) is 144 Å². The number of hydrogen-bond donors (Lipinski definition) is 12. The number of carbonyl (C=O) groups excluding carboxylic acids is 1. The highest BCUT2D eigenvalue weighted by Crippen LogP contribution is 2.34. The van der Waals surface area contributed by atoms with Gasteiger partial charge in [0.1, 0.15) is 85.4 Å². The van der Waals surface area contributed by atoms with Crippen molar-refractivity contribution in [1.29, 1.82) is 0 Å². The molecule has 0 bridgehead atoms. The minimum Gasteiger partial charge on any atom is -0.394 e. The molecule has 0 unspecified atom stereocenters. The number of aliphatic hydroxyl groups is 11. The van der Waals surface area contributed by atoms with Gasteiger partial charge in [0.25, 0.3) is 0 Å². The van der Waals surface area contributed by atoms with E-state index in [-0.39, 0.29) is 0 Å². The van der Waals surface area contributed by atoms with Crippen LogP contribution in [0, 0.1) is 0 Å². The topological polar surface area (TPSA) is 316 Å². The van der Waals surface area contributed by atoms with Gasteiger partial charge in [-0.05, 0) is 13.8 Å². The highest BCUT2D eigenvalue weighted by atomic mass is 16.8. The van der Waals surface area contributed by atoms with E-state index in [1.54, 1.807) is 0 Å². The quantitative estimate of drug-likeness (QED) is 0.108. The van der Waals surface area contributed by atoms with Crippen molar-refractivity contribution in [1.82, 2.24) is 5.32 Å². The van der Waals surface area contributed by atoms with Crippen molar-refractivity contribution in [3.63, 3.8) is 0 Å². The fourth-order valence-corrected chi connectivity index (χ4v) is 5.81. The van der Waals surface area contributed by atoms with Crippen LogP contribution < -0.4 is 5.32 Å². The summed E-state index contributed by atoms with van der Waals surface area (Å²) >= 11 is 0. The Kier molecular flexibility index (Phi) is 12.7. The molecule has 20 nitrogen and oxygen atoms in total. The zero-order valence-corrected chi connectivity index (χ0v) is 25.1. The van der Waals surface area contributed by atoms with Gasteiger partial charge < -0.3 is 94.6 Å². The van der Waals surface area contributed by atoms with E-state index in [1.165, 1.54) is 13.8 Å². The summed E-state index contributed by atoms with van der Waals surface area (Å²) < 4.78 is 39.0. The van der Waals surface area contributed by atoms with Crippen molar-refractivity contribution in [2.75, 3.05) is 13.2 Å². The summed E-state index contributed by atoms with van der Waals surface area (Å²) in [6, 6.07) is -1.42. The maximum Gasteiger partial charge on any atom is 0.217 e. The molecular weight excluding hydrogens is 630 g/mol. The van der Waals surface area contributed by atoms with Gasteiger partial charge >= 0.3 is 0 Å². The molecule has 4 aliphatic rings. The largest absolute Gasteiger partial charge is 0.394 e. The van der Waals surface area contributed by atoms with Crippen LogP contribution in [0.25, 0.3) is 0 Å². The summed E-state index contributed by atoms with van der Waals surface area (Å²) in [7, 11) is 0. The van der Waals surface area contributed by atoms with Crippen LogP contribution in [0.1, 0.15) is 20.8 Å². The zero-order valence-electron chi connectivity index (χ0n) is 25.1. The van der Waals surface area contributed by atoms with Gasteiger partial charge in [0, 0.05) is 6.92 Å². The predicted molar refractivity (Wildman–Crippen MR) is 143 cm³/mol. The van der Waals surface area contributed by atoms with E-state index >= 15 is 0 Å². The van der Waals surface area contributed by atoms with Crippen molar-refractivity contribution >= 4 is 5.91 Å². The summed E-state index contributed by atoms with van der Waals surface area (Å²) in [6.45, 7) is 2.25. The van der Waals surface area contributed by atoms with Crippen molar-refractivity contribution < 1.29 is 94.1 Å². The number of hydrogen-bond acceptors (Lipinski definition) is 19. The minimum absolute atomic E-state index is 0.653. The molecule has 1 amide bonds. The average Bonchev–Trinajstić information content (AvgIpc) is 3.01. The van der Waals surface area contributed by atoms with E-state index in [1.807, 2.05) is 0 Å². The molecule has 0 saturated carbocycles. The average molecular weight is 676 g/mol. The Labute approximate surface area is 262 Å². The third-order valence-electron chi connectivity index (χ3n) is 8.53. The van der Waals surface area contributed by atoms with Gasteiger partial charge in [-0.15, -0.1) is 0 Å². The number of nitrogens with one attached hydrogen (secondary N) is 1. The molecule has 4 saturated heterocycles. The van der Waals surface area contributed by atoms with Crippen molar-refractivity contribution in [3.05, 3.63) is 0 Å². The van der Waals surface area contributed by atoms with Crippen LogP contribution in [-0.4, -0.2) is 198 Å². The molecule has 12 N–H and O–H groups in total. The van der Waals surface area contributed by atoms with E-state index in [9.17, 15) is 61.0 Å². The summed E-state index contributed by atoms with van der Waals surface area (Å²) in [5.41, 5.74) is 0. The van der Waals surface area contributed by atoms with Gasteiger partial charge in [-0.2, -0.15) is 0 Å². The molecule has 4 aliphatic heterocycles. The van der Waals surface area contributed by atoms with Gasteiger partial charge in [0.05, 0.1) is 25.4 Å². The van der Waals surface area contributed by atoms with Crippen molar-refractivity contribution in [3.8, 4) is 0 Å². The fraction of sp³-hybridized carbons (Fsp3) is 0.962. The lowest BCUT2D eigenvalue weighted by Crippen LogP contribution is -2.68. The summed E-state index contributed by atoms with van der Waals surface area (Å²) in [5, 5.41) is 117. The standard InChI is InChI=1S/C26H45NO19/c1-6-12(31)15(34)18(37)24(40-6)46-22-16(35)13(32)7(2)41-26(22)44-20-10(5-29)43-25(19(38)17(20)36)45-21-11(27-8(3)30)23(39)42-9(4-28)14(21)33/h6-7,9-26,28-29,31-39H,4-5H2,1-3H3,(H,27,30)/t6-,7-,9+,10+,11+,12-,13-,14-,15+,16+,17+,18+,19+,20+,21+,22+,23+,24-,25+,26-/m0/s1. The monoisotopic (exact) mass is 675 g/mol. The number of ether oxygens (including phenoxy) is 7. The van der Waals surface area contributed by atoms with E-state index in [2.05, 4.69) is 5.32 Å². The third kappa shape index (κ3) is 7.64. The Morgan fingerprint density at radius 1 is 0.565 bits per heavy atom. The third-order valence-corrected chi connectivity index (χ3v) is 8.53. The smallest absolute Gasteiger partial charge is 0.217 e. The molecule has 0 aliphatic carbocycles. The number of amides is 1. The molecule has 4 heterocycles. The molecule has 0 spiro atoms. The molecule has 0 aromatic heterocycles. The second-order valence-electron chi connectivity index (χ2n) is 11.8. The lowest BCUT2D eigenvalue weighted by Gasteiger charge is -2.49. The van der Waals surface area contributed by atoms with Crippen molar-refractivity contribution in [2.24, 2.45) is 0 Å². The molecule has 0 aromatic carbocycles. The molecule has 0 radical (unpaired) electrons. The van der Waals surface area contributed by atoms with Crippen LogP contribution in [0.2, 0.25) is 0 Å². The Balaban J connectivity index is 1.52. The molecule has 20 heteroatoms. The van der Waals surface area contributed by atoms with Crippen LogP contribution in [0.5, 0.6) is 0 Å². The minimum atomic E-state index is -1.98. The second kappa shape index (κ2) is 15.5. The number of aliphatic hydroxyl groups excluding tert-OH is 11. The van der Waals surface area contributed by atoms with Crippen LogP contribution in [0.15, 0.2) is 0 Å². The number of rotatable bonds is 9. The van der Waals surface area contributed by atoms with Crippen LogP contribution >= 0.6 is 0 Å². The molecular formula is C26H45NO19. The Bertz CT molecular complexity index is 995. The Morgan fingerprint density at radius 3 is 1.63 bits per heavy atom. The van der Waals surface area contributed by atoms with Gasteiger partial charge in [-0.3, -0.25) is 4.79 Å². The molecule has 4 fully saturated rings. The Morgan fingerprint density at radius 2 is 1.04 bits per heavy atom. The first kappa shape index (κ1) is 37.6. The molecule has 46 heavy (non-hydrogen) atoms. The van der Waals surface area contributed by atoms with Gasteiger partial charge in [0.2, 0.25) is 5.91 Å². The van der Waals surface area contributed by atoms with Gasteiger partial charge in [-0.1, -0.05) is 0 Å². The second-order valence-corrected chi connectivity index (χ2v) is 11.8. The van der Waals surface area contributed by atoms with Crippen LogP contribution in [0.3, 0.4) is 0 Å². The maximum absolute atomic E-state index is 11.7. The summed E-state index contributed by atoms with van der Waals surface area (Å²) in [6.07, 6.45) is -30.7. The summed E-state index contributed by atoms with van der Waals surface area (Å²) in [4.78, 5) is 11.7. The first-order valence-corrected chi connectivity index (χ1v) is 14.8. The number of carbonyl (C=O) groups is 1. The molecule has 4 rings (SSSR count). The molecule has 268 valence electrons. The first-order valence-electron chi connectivity index (χ1n) is 14.8. The van der Waals surface area contributed by atoms with E-state index in [0.29, 0.717) is 0 Å². The van der Waals surface area contributed by atoms with Gasteiger partial charge in [-0.25, -0.2) is 0 Å². The fourth-order valence-electron chi connectivity index (χ4n) is 5.81. The molecule has 0 aromatic rings. The molecule has 20 atom stereocenters.